The van der Waals surface area contributed by atoms with Crippen LogP contribution in [0.5, 0.6) is 11.5 Å². The smallest absolute Gasteiger partial charge is 0.507 e. The first-order chi connectivity index (χ1) is 30.5. The van der Waals surface area contributed by atoms with Gasteiger partial charge in [-0.05, 0) is 48.6 Å². The third kappa shape index (κ3) is 9.16. The molecular formula is C42H35Cl2F4N8O7P. The number of phosphoric ester groups is 1. The molecule has 0 aliphatic carbocycles. The first-order valence-electron chi connectivity index (χ1n) is 19.1. The van der Waals surface area contributed by atoms with Crippen molar-refractivity contribution in [1.82, 2.24) is 29.7 Å². The zero-order valence-corrected chi connectivity index (χ0v) is 35.7. The fourth-order valence-corrected chi connectivity index (χ4v) is 8.42. The van der Waals surface area contributed by atoms with Crippen LogP contribution in [0.1, 0.15) is 0 Å². The summed E-state index contributed by atoms with van der Waals surface area (Å²) >= 11 is 12.7. The van der Waals surface area contributed by atoms with Crippen molar-refractivity contribution in [2.24, 2.45) is 0 Å². The predicted molar refractivity (Wildman–Crippen MR) is 232 cm³/mol. The normalized spacial score (nSPS) is 14.3. The Morgan fingerprint density at radius 1 is 0.656 bits per heavy atom. The lowest BCUT2D eigenvalue weighted by atomic mass is 10.0. The summed E-state index contributed by atoms with van der Waals surface area (Å²) in [5.74, 6) is -4.14. The third-order valence-electron chi connectivity index (χ3n) is 10.4. The number of fused-ring (bicyclic) bond motifs is 2. The summed E-state index contributed by atoms with van der Waals surface area (Å²) in [6, 6.07) is 9.76. The highest BCUT2D eigenvalue weighted by atomic mass is 35.5. The molecule has 2 fully saturated rings. The first kappa shape index (κ1) is 45.6. The molecule has 4 heterocycles. The second-order valence-corrected chi connectivity index (χ2v) is 16.1. The number of aromatic hydroxyl groups is 1. The van der Waals surface area contributed by atoms with Crippen LogP contribution in [0.4, 0.5) is 29.2 Å². The predicted octanol–water partition coefficient (Wildman–Crippen LogP) is 7.30. The molecule has 0 radical (unpaired) electrons. The zero-order chi connectivity index (χ0) is 46.0. The summed E-state index contributed by atoms with van der Waals surface area (Å²) in [4.78, 5) is 65.6. The molecule has 2 aromatic heterocycles. The van der Waals surface area contributed by atoms with Gasteiger partial charge in [-0.2, -0.15) is 0 Å². The monoisotopic (exact) mass is 940 g/mol. The van der Waals surface area contributed by atoms with Gasteiger partial charge >= 0.3 is 7.82 Å². The fraction of sp³-hybridized carbons (Fsp3) is 0.190. The quantitative estimate of drug-likeness (QED) is 0.0785. The lowest BCUT2D eigenvalue weighted by molar-refractivity contribution is -0.127. The molecule has 0 unspecified atom stereocenters. The minimum atomic E-state index is -5.07. The number of carbonyl (C=O) groups excluding carboxylic acids is 2. The molecule has 4 aromatic carbocycles. The number of halogens is 6. The number of phenols is 1. The highest BCUT2D eigenvalue weighted by Crippen LogP contribution is 2.47. The Hall–Kier alpha value is -6.37. The summed E-state index contributed by atoms with van der Waals surface area (Å²) in [6.07, 6.45) is 4.87. The van der Waals surface area contributed by atoms with Gasteiger partial charge in [-0.3, -0.25) is 19.4 Å². The van der Waals surface area contributed by atoms with Crippen molar-refractivity contribution in [2.75, 3.05) is 62.2 Å². The number of anilines is 2. The van der Waals surface area contributed by atoms with Gasteiger partial charge in [0.1, 0.15) is 58.5 Å². The Morgan fingerprint density at radius 3 is 1.50 bits per heavy atom. The molecular weight excluding hydrogens is 906 g/mol. The molecule has 0 saturated carbocycles. The van der Waals surface area contributed by atoms with Gasteiger partial charge in [-0.25, -0.2) is 42.1 Å². The van der Waals surface area contributed by atoms with Crippen LogP contribution >= 0.6 is 31.0 Å². The number of hydrogen-bond donors (Lipinski definition) is 3. The van der Waals surface area contributed by atoms with Crippen LogP contribution < -0.4 is 14.3 Å². The molecule has 2 aliphatic rings. The van der Waals surface area contributed by atoms with Gasteiger partial charge in [0, 0.05) is 74.3 Å². The van der Waals surface area contributed by atoms with Crippen molar-refractivity contribution < 1.29 is 51.1 Å². The molecule has 0 spiro atoms. The molecule has 2 saturated heterocycles. The van der Waals surface area contributed by atoms with Crippen LogP contribution in [0.3, 0.4) is 0 Å². The fourth-order valence-electron chi connectivity index (χ4n) is 7.44. The van der Waals surface area contributed by atoms with Crippen LogP contribution in [-0.2, 0) is 14.2 Å². The second kappa shape index (κ2) is 18.8. The van der Waals surface area contributed by atoms with Gasteiger partial charge in [0.25, 0.3) is 0 Å². The summed E-state index contributed by atoms with van der Waals surface area (Å²) < 4.78 is 76.1. The number of nitrogens with zero attached hydrogens (tertiary/aromatic N) is 8. The summed E-state index contributed by atoms with van der Waals surface area (Å²) in [5, 5.41) is 10.4. The van der Waals surface area contributed by atoms with Gasteiger partial charge in [-0.1, -0.05) is 48.5 Å². The van der Waals surface area contributed by atoms with Crippen molar-refractivity contribution >= 4 is 76.3 Å². The lowest BCUT2D eigenvalue weighted by Gasteiger charge is -2.35. The maximum absolute atomic E-state index is 15.7. The summed E-state index contributed by atoms with van der Waals surface area (Å²) in [6.45, 7) is 10.5. The number of phenolic OH excluding ortho intramolecular Hbond substituents is 1. The van der Waals surface area contributed by atoms with Gasteiger partial charge in [-0.15, -0.1) is 0 Å². The van der Waals surface area contributed by atoms with E-state index in [0.29, 0.717) is 69.4 Å². The molecule has 2 aliphatic heterocycles. The van der Waals surface area contributed by atoms with Crippen molar-refractivity contribution in [1.29, 1.82) is 0 Å². The van der Waals surface area contributed by atoms with E-state index in [1.807, 2.05) is 9.80 Å². The number of phosphoric acid groups is 1. The minimum Gasteiger partial charge on any atom is -0.507 e. The molecule has 15 nitrogen and oxygen atoms in total. The average Bonchev–Trinajstić information content (AvgIpc) is 3.27. The molecule has 6 aromatic rings. The number of rotatable bonds is 8. The van der Waals surface area contributed by atoms with E-state index < -0.39 is 53.7 Å². The number of piperazine rings is 2. The Morgan fingerprint density at radius 2 is 1.08 bits per heavy atom. The Kier molecular flexibility index (Phi) is 13.4. The van der Waals surface area contributed by atoms with Crippen LogP contribution in [0, 0.1) is 23.3 Å². The van der Waals surface area contributed by atoms with Gasteiger partial charge in [0.2, 0.25) is 11.8 Å². The summed E-state index contributed by atoms with van der Waals surface area (Å²) in [7, 11) is -5.07. The van der Waals surface area contributed by atoms with E-state index in [4.69, 9.17) is 23.2 Å². The van der Waals surface area contributed by atoms with E-state index in [-0.39, 0.29) is 49.4 Å². The molecule has 64 heavy (non-hydrogen) atoms. The molecule has 22 heteroatoms. The number of hydrogen-bond acceptors (Lipinski definition) is 11. The van der Waals surface area contributed by atoms with Crippen molar-refractivity contribution in [3.63, 3.8) is 0 Å². The highest BCUT2D eigenvalue weighted by Gasteiger charge is 2.30. The van der Waals surface area contributed by atoms with Crippen molar-refractivity contribution in [2.45, 2.75) is 0 Å². The molecule has 0 atom stereocenters. The Balaban J connectivity index is 0.000000193. The van der Waals surface area contributed by atoms with E-state index in [0.717, 1.165) is 30.6 Å². The van der Waals surface area contributed by atoms with E-state index in [2.05, 4.69) is 37.6 Å². The van der Waals surface area contributed by atoms with E-state index in [9.17, 15) is 37.8 Å². The zero-order valence-electron chi connectivity index (χ0n) is 33.3. The van der Waals surface area contributed by atoms with E-state index >= 15 is 8.78 Å². The van der Waals surface area contributed by atoms with Gasteiger partial charge < -0.3 is 29.2 Å². The molecule has 332 valence electrons. The van der Waals surface area contributed by atoms with Gasteiger partial charge in [0.15, 0.2) is 11.6 Å². The number of benzene rings is 4. The van der Waals surface area contributed by atoms with Crippen LogP contribution in [0.25, 0.3) is 44.1 Å². The number of amides is 2. The first-order valence-corrected chi connectivity index (χ1v) is 21.4. The summed E-state index contributed by atoms with van der Waals surface area (Å²) in [5.41, 5.74) is -1.79. The number of aromatic nitrogens is 4. The highest BCUT2D eigenvalue weighted by molar-refractivity contribution is 7.46. The molecule has 2 amide bonds. The minimum absolute atomic E-state index is 0.0355. The second-order valence-electron chi connectivity index (χ2n) is 14.1. The van der Waals surface area contributed by atoms with Crippen molar-refractivity contribution in [3.8, 4) is 33.8 Å². The van der Waals surface area contributed by atoms with Crippen LogP contribution in [0.2, 0.25) is 10.0 Å². The third-order valence-corrected chi connectivity index (χ3v) is 11.4. The van der Waals surface area contributed by atoms with Gasteiger partial charge in [0.05, 0.1) is 21.2 Å². The average molecular weight is 942 g/mol. The SMILES string of the molecule is C=CC(=O)N1CCN(c2ncnc3c(F)c(-c4c(F)cccc4OP(=O)(O)O)c(Cl)cc23)CC1.C=CC(=O)N1CCN(c2ncnc3c(F)c(-c4c(O)cccc4F)c(Cl)cc23)CC1. The van der Waals surface area contributed by atoms with Crippen molar-refractivity contribution in [3.05, 3.63) is 120 Å². The molecule has 0 bridgehead atoms. The maximum atomic E-state index is 15.7. The lowest BCUT2D eigenvalue weighted by Crippen LogP contribution is -2.48. The molecule has 8 rings (SSSR count). The largest absolute Gasteiger partial charge is 0.524 e. The Bertz CT molecular complexity index is 2880. The maximum Gasteiger partial charge on any atom is 0.524 e. The standard InChI is InChI=1S/C21H18ClF2N4O5P.C21H17ClF2N4O2/c1-2-16(29)27-6-8-28(9-7-27)21-12-10-13(22)17(19(24)20(12)25-11-26-21)18-14(23)4-3-5-15(18)33-34(30,31)32;1-2-16(30)27-6-8-28(9-7-27)21-12-10-13(22)17(19(24)20(12)25-11-26-21)18-14(23)4-3-5-15(18)29/h2-5,10-11H,1,6-9H2,(H2,30,31,32);2-5,10-11,29H,1,6-9H2. The molecule has 3 N–H and O–H groups in total. The topological polar surface area (TPSA) is 186 Å². The van der Waals surface area contributed by atoms with E-state index in [1.54, 1.807) is 9.80 Å². The Labute approximate surface area is 371 Å². The number of carbonyl (C=O) groups is 2. The van der Waals surface area contributed by atoms with Crippen LogP contribution in [0.15, 0.2) is 86.5 Å². The van der Waals surface area contributed by atoms with Crippen LogP contribution in [-0.4, -0.2) is 109 Å². The van der Waals surface area contributed by atoms with E-state index in [1.165, 1.54) is 42.7 Å².